The number of nitrogens with two attached hydrogens (primary N) is 1. The maximum atomic E-state index is 13.8. The number of aromatic nitrogens is 1. The van der Waals surface area contributed by atoms with Crippen molar-refractivity contribution in [3.63, 3.8) is 0 Å². The Morgan fingerprint density at radius 1 is 1.37 bits per heavy atom. The van der Waals surface area contributed by atoms with Crippen LogP contribution in [0.4, 0.5) is 4.39 Å². The van der Waals surface area contributed by atoms with Gasteiger partial charge in [0, 0.05) is 23.5 Å². The van der Waals surface area contributed by atoms with E-state index in [2.05, 4.69) is 16.9 Å². The first-order valence-electron chi connectivity index (χ1n) is 6.81. The highest BCUT2D eigenvalue weighted by atomic mass is 19.1. The van der Waals surface area contributed by atoms with E-state index >= 15 is 0 Å². The summed E-state index contributed by atoms with van der Waals surface area (Å²) in [7, 11) is 2.13. The van der Waals surface area contributed by atoms with E-state index < -0.39 is 0 Å². The van der Waals surface area contributed by atoms with Crippen LogP contribution in [-0.2, 0) is 5.41 Å². The lowest BCUT2D eigenvalue weighted by Crippen LogP contribution is -2.45. The molecule has 0 atom stereocenters. The minimum absolute atomic E-state index is 0.0153. The molecule has 3 N–H and O–H groups in total. The molecular weight excluding hydrogens is 241 g/mol. The van der Waals surface area contributed by atoms with E-state index in [1.165, 1.54) is 11.6 Å². The van der Waals surface area contributed by atoms with Crippen LogP contribution in [0, 0.1) is 5.82 Å². The zero-order chi connectivity index (χ0) is 13.5. The molecule has 1 aromatic heterocycles. The van der Waals surface area contributed by atoms with Crippen molar-refractivity contribution in [3.05, 3.63) is 35.8 Å². The van der Waals surface area contributed by atoms with Crippen LogP contribution in [0.1, 0.15) is 18.4 Å². The number of benzene rings is 1. The summed E-state index contributed by atoms with van der Waals surface area (Å²) in [6.45, 7) is 2.70. The fraction of sp³-hybridized carbons (Fsp3) is 0.467. The summed E-state index contributed by atoms with van der Waals surface area (Å²) in [4.78, 5) is 5.40. The second kappa shape index (κ2) is 4.62. The van der Waals surface area contributed by atoms with Gasteiger partial charge in [0.2, 0.25) is 0 Å². The topological polar surface area (TPSA) is 45.0 Å². The van der Waals surface area contributed by atoms with E-state index in [1.807, 2.05) is 12.3 Å². The van der Waals surface area contributed by atoms with Crippen molar-refractivity contribution < 1.29 is 4.39 Å². The molecule has 19 heavy (non-hydrogen) atoms. The molecule has 3 rings (SSSR count). The fourth-order valence-corrected chi connectivity index (χ4v) is 3.19. The van der Waals surface area contributed by atoms with Crippen molar-refractivity contribution in [2.24, 2.45) is 5.73 Å². The molecule has 0 saturated carbocycles. The molecule has 1 aliphatic rings. The number of halogens is 1. The van der Waals surface area contributed by atoms with Gasteiger partial charge in [0.15, 0.2) is 0 Å². The highest BCUT2D eigenvalue weighted by Crippen LogP contribution is 2.38. The monoisotopic (exact) mass is 261 g/mol. The van der Waals surface area contributed by atoms with Crippen molar-refractivity contribution in [1.82, 2.24) is 9.88 Å². The Morgan fingerprint density at radius 2 is 2.11 bits per heavy atom. The van der Waals surface area contributed by atoms with Crippen LogP contribution in [0.2, 0.25) is 0 Å². The largest absolute Gasteiger partial charge is 0.358 e. The average molecular weight is 261 g/mol. The summed E-state index contributed by atoms with van der Waals surface area (Å²) >= 11 is 0. The Balaban J connectivity index is 2.09. The normalized spacial score (nSPS) is 19.9. The van der Waals surface area contributed by atoms with Crippen molar-refractivity contribution in [2.45, 2.75) is 18.3 Å². The van der Waals surface area contributed by atoms with Gasteiger partial charge in [0.05, 0.1) is 5.52 Å². The zero-order valence-electron chi connectivity index (χ0n) is 11.2. The zero-order valence-corrected chi connectivity index (χ0v) is 11.2. The number of H-pyrrole nitrogens is 1. The van der Waals surface area contributed by atoms with Crippen molar-refractivity contribution >= 4 is 10.9 Å². The molecule has 0 aliphatic carbocycles. The molecule has 3 nitrogen and oxygen atoms in total. The minimum atomic E-state index is -0.191. The van der Waals surface area contributed by atoms with Crippen LogP contribution < -0.4 is 5.73 Å². The Bertz CT molecular complexity index is 582. The fourth-order valence-electron chi connectivity index (χ4n) is 3.19. The molecule has 0 radical (unpaired) electrons. The van der Waals surface area contributed by atoms with E-state index in [0.717, 1.165) is 31.3 Å². The SMILES string of the molecule is CN1CCC(CN)(c2c[nH]c3c(F)cccc23)CC1. The molecule has 1 aliphatic heterocycles. The van der Waals surface area contributed by atoms with Crippen LogP contribution in [-0.4, -0.2) is 36.6 Å². The summed E-state index contributed by atoms with van der Waals surface area (Å²) < 4.78 is 13.8. The molecule has 102 valence electrons. The number of fused-ring (bicyclic) bond motifs is 1. The van der Waals surface area contributed by atoms with Gasteiger partial charge in [0.25, 0.3) is 0 Å². The quantitative estimate of drug-likeness (QED) is 0.870. The predicted octanol–water partition coefficient (Wildman–Crippen LogP) is 2.23. The van der Waals surface area contributed by atoms with Gasteiger partial charge in [-0.2, -0.15) is 0 Å². The van der Waals surface area contributed by atoms with E-state index in [9.17, 15) is 4.39 Å². The summed E-state index contributed by atoms with van der Waals surface area (Å²) in [6.07, 6.45) is 4.01. The Kier molecular flexibility index (Phi) is 3.07. The van der Waals surface area contributed by atoms with Crippen molar-refractivity contribution in [1.29, 1.82) is 0 Å². The average Bonchev–Trinajstić information content (AvgIpc) is 2.86. The van der Waals surface area contributed by atoms with Crippen molar-refractivity contribution in [3.8, 4) is 0 Å². The Morgan fingerprint density at radius 3 is 2.79 bits per heavy atom. The second-order valence-corrected chi connectivity index (χ2v) is 5.65. The standard InChI is InChI=1S/C15H20FN3/c1-19-7-5-15(10-17,6-8-19)12-9-18-14-11(12)3-2-4-13(14)16/h2-4,9,18H,5-8,10,17H2,1H3. The Hall–Kier alpha value is -1.39. The summed E-state index contributed by atoms with van der Waals surface area (Å²) in [6, 6.07) is 5.25. The first kappa shape index (κ1) is 12.6. The first-order chi connectivity index (χ1) is 9.16. The lowest BCUT2D eigenvalue weighted by Gasteiger charge is -2.40. The van der Waals surface area contributed by atoms with Crippen LogP contribution in [0.15, 0.2) is 24.4 Å². The maximum absolute atomic E-state index is 13.8. The second-order valence-electron chi connectivity index (χ2n) is 5.65. The number of hydrogen-bond acceptors (Lipinski definition) is 2. The highest BCUT2D eigenvalue weighted by molar-refractivity contribution is 5.84. The number of nitrogens with one attached hydrogen (secondary N) is 1. The molecular formula is C15H20FN3. The van der Waals surface area contributed by atoms with E-state index in [1.54, 1.807) is 6.07 Å². The summed E-state index contributed by atoms with van der Waals surface area (Å²) in [5, 5.41) is 0.981. The Labute approximate surface area is 112 Å². The first-order valence-corrected chi connectivity index (χ1v) is 6.81. The lowest BCUT2D eigenvalue weighted by atomic mass is 9.73. The molecule has 1 saturated heterocycles. The number of aromatic amines is 1. The van der Waals surface area contributed by atoms with Gasteiger partial charge in [-0.15, -0.1) is 0 Å². The van der Waals surface area contributed by atoms with Crippen LogP contribution >= 0.6 is 0 Å². The number of hydrogen-bond donors (Lipinski definition) is 2. The number of rotatable bonds is 2. The molecule has 2 heterocycles. The van der Waals surface area contributed by atoms with E-state index in [4.69, 9.17) is 5.73 Å². The number of para-hydroxylation sites is 1. The number of piperidine rings is 1. The third kappa shape index (κ3) is 1.95. The predicted molar refractivity (Wildman–Crippen MR) is 75.7 cm³/mol. The highest BCUT2D eigenvalue weighted by Gasteiger charge is 2.36. The third-order valence-corrected chi connectivity index (χ3v) is 4.57. The number of nitrogens with zero attached hydrogens (tertiary/aromatic N) is 1. The van der Waals surface area contributed by atoms with E-state index in [-0.39, 0.29) is 11.2 Å². The minimum Gasteiger partial charge on any atom is -0.358 e. The van der Waals surface area contributed by atoms with Gasteiger partial charge in [0.1, 0.15) is 5.82 Å². The van der Waals surface area contributed by atoms with Gasteiger partial charge >= 0.3 is 0 Å². The van der Waals surface area contributed by atoms with Crippen molar-refractivity contribution in [2.75, 3.05) is 26.7 Å². The van der Waals surface area contributed by atoms with Crippen LogP contribution in [0.5, 0.6) is 0 Å². The molecule has 1 fully saturated rings. The molecule has 0 amide bonds. The molecule has 0 bridgehead atoms. The van der Waals surface area contributed by atoms with Gasteiger partial charge in [-0.1, -0.05) is 12.1 Å². The van der Waals surface area contributed by atoms with Gasteiger partial charge in [-0.05, 0) is 44.6 Å². The smallest absolute Gasteiger partial charge is 0.147 e. The molecule has 4 heteroatoms. The molecule has 0 spiro atoms. The molecule has 0 unspecified atom stereocenters. The van der Waals surface area contributed by atoms with Gasteiger partial charge in [-0.25, -0.2) is 4.39 Å². The van der Waals surface area contributed by atoms with Crippen LogP contribution in [0.25, 0.3) is 10.9 Å². The number of likely N-dealkylation sites (tertiary alicyclic amines) is 1. The van der Waals surface area contributed by atoms with E-state index in [0.29, 0.717) is 12.1 Å². The van der Waals surface area contributed by atoms with Crippen LogP contribution in [0.3, 0.4) is 0 Å². The van der Waals surface area contributed by atoms with Gasteiger partial charge < -0.3 is 15.6 Å². The summed E-state index contributed by atoms with van der Waals surface area (Å²) in [5.74, 6) is -0.191. The molecule has 1 aromatic carbocycles. The molecule has 2 aromatic rings. The third-order valence-electron chi connectivity index (χ3n) is 4.57. The van der Waals surface area contributed by atoms with Gasteiger partial charge in [-0.3, -0.25) is 0 Å². The summed E-state index contributed by atoms with van der Waals surface area (Å²) in [5.41, 5.74) is 7.84. The maximum Gasteiger partial charge on any atom is 0.147 e. The lowest BCUT2D eigenvalue weighted by molar-refractivity contribution is 0.193.